The molecular formula is C37H60N2O9. The molecule has 0 saturated carbocycles. The number of carbonyl (C=O) groups is 5. The maximum atomic E-state index is 13.2. The van der Waals surface area contributed by atoms with Crippen LogP contribution in [0.15, 0.2) is 30.3 Å². The van der Waals surface area contributed by atoms with Gasteiger partial charge in [-0.25, -0.2) is 0 Å². The summed E-state index contributed by atoms with van der Waals surface area (Å²) in [7, 11) is 0. The first-order chi connectivity index (χ1) is 23.2. The zero-order valence-electron chi connectivity index (χ0n) is 29.6. The second kappa shape index (κ2) is 27.8. The van der Waals surface area contributed by atoms with E-state index >= 15 is 0 Å². The maximum absolute atomic E-state index is 13.2. The first-order valence-electron chi connectivity index (χ1n) is 17.8. The molecule has 0 saturated heterocycles. The lowest BCUT2D eigenvalue weighted by Crippen LogP contribution is -2.59. The lowest BCUT2D eigenvalue weighted by atomic mass is 10.0. The summed E-state index contributed by atoms with van der Waals surface area (Å²) in [4.78, 5) is 62.6. The molecule has 2 amide bonds. The number of Topliss-reactive ketones (excluding diaryl/α,β-unsaturated/α-hetero) is 2. The Kier molecular flexibility index (Phi) is 24.8. The molecule has 2 N–H and O–H groups in total. The van der Waals surface area contributed by atoms with Crippen LogP contribution >= 0.6 is 0 Å². The van der Waals surface area contributed by atoms with E-state index in [1.165, 1.54) is 0 Å². The number of ketones is 2. The molecule has 0 radical (unpaired) electrons. The van der Waals surface area contributed by atoms with Crippen LogP contribution in [-0.4, -0.2) is 81.1 Å². The van der Waals surface area contributed by atoms with Gasteiger partial charge in [0, 0.05) is 38.6 Å². The number of hydrogen-bond donors (Lipinski definition) is 2. The van der Waals surface area contributed by atoms with Crippen LogP contribution in [0.4, 0.5) is 0 Å². The van der Waals surface area contributed by atoms with Gasteiger partial charge in [0.15, 0.2) is 0 Å². The fourth-order valence-corrected chi connectivity index (χ4v) is 4.72. The molecule has 0 aliphatic heterocycles. The van der Waals surface area contributed by atoms with Crippen molar-refractivity contribution < 1.29 is 42.9 Å². The van der Waals surface area contributed by atoms with Gasteiger partial charge in [-0.2, -0.15) is 0 Å². The molecule has 0 aliphatic rings. The van der Waals surface area contributed by atoms with Gasteiger partial charge in [-0.1, -0.05) is 83.2 Å². The van der Waals surface area contributed by atoms with Gasteiger partial charge >= 0.3 is 5.97 Å². The van der Waals surface area contributed by atoms with E-state index < -0.39 is 23.8 Å². The molecule has 0 aromatic heterocycles. The summed E-state index contributed by atoms with van der Waals surface area (Å²) in [6.07, 6.45) is 8.56. The van der Waals surface area contributed by atoms with E-state index in [2.05, 4.69) is 24.5 Å². The predicted octanol–water partition coefficient (Wildman–Crippen LogP) is 5.41. The van der Waals surface area contributed by atoms with Gasteiger partial charge in [-0.05, 0) is 24.8 Å². The molecule has 48 heavy (non-hydrogen) atoms. The molecule has 272 valence electrons. The van der Waals surface area contributed by atoms with Gasteiger partial charge in [0.25, 0.3) is 0 Å². The summed E-state index contributed by atoms with van der Waals surface area (Å²) in [5.74, 6) is -1.26. The summed E-state index contributed by atoms with van der Waals surface area (Å²) in [6.45, 7) is 6.94. The van der Waals surface area contributed by atoms with E-state index in [9.17, 15) is 24.0 Å². The van der Waals surface area contributed by atoms with Gasteiger partial charge in [-0.3, -0.25) is 24.0 Å². The van der Waals surface area contributed by atoms with Gasteiger partial charge in [-0.15, -0.1) is 0 Å². The molecule has 0 spiro atoms. The molecule has 1 aromatic rings. The Bertz CT molecular complexity index is 974. The monoisotopic (exact) mass is 676 g/mol. The highest BCUT2D eigenvalue weighted by molar-refractivity contribution is 5.94. The summed E-state index contributed by atoms with van der Waals surface area (Å²) in [5, 5.41) is 5.71. The van der Waals surface area contributed by atoms with Crippen LogP contribution in [0.25, 0.3) is 0 Å². The molecule has 0 fully saturated rings. The van der Waals surface area contributed by atoms with Gasteiger partial charge in [0.05, 0.1) is 39.6 Å². The standard InChI is InChI=1S/C37H60N2O9/c1-4-7-11-17-32(40)19-23-45-28-37(29-46-24-20-33(41)18-12-8-5-2,30-47-25-21-34(42)38-22-9-6-3)39-35(43)26-36(44)48-27-31-15-13-10-14-16-31/h10,13-16H,4-9,11-12,17-30H2,1-3H3,(H,38,42)(H,39,43). The van der Waals surface area contributed by atoms with E-state index in [0.29, 0.717) is 19.4 Å². The molecule has 0 atom stereocenters. The molecular weight excluding hydrogens is 616 g/mol. The Morgan fingerprint density at radius 1 is 0.625 bits per heavy atom. The van der Waals surface area contributed by atoms with Gasteiger partial charge in [0.1, 0.15) is 30.1 Å². The molecule has 0 heterocycles. The lowest BCUT2D eigenvalue weighted by molar-refractivity contribution is -0.149. The summed E-state index contributed by atoms with van der Waals surface area (Å²) in [6, 6.07) is 9.15. The van der Waals surface area contributed by atoms with Crippen LogP contribution in [-0.2, 0) is 49.5 Å². The predicted molar refractivity (Wildman–Crippen MR) is 184 cm³/mol. The third kappa shape index (κ3) is 22.4. The van der Waals surface area contributed by atoms with E-state index in [1.807, 2.05) is 37.3 Å². The molecule has 11 nitrogen and oxygen atoms in total. The Labute approximate surface area is 287 Å². The number of hydrogen-bond acceptors (Lipinski definition) is 9. The van der Waals surface area contributed by atoms with Crippen molar-refractivity contribution in [3.05, 3.63) is 35.9 Å². The van der Waals surface area contributed by atoms with Crippen LogP contribution in [0.1, 0.15) is 116 Å². The van der Waals surface area contributed by atoms with Crippen molar-refractivity contribution in [2.75, 3.05) is 46.2 Å². The number of unbranched alkanes of at least 4 members (excludes halogenated alkanes) is 5. The van der Waals surface area contributed by atoms with Crippen molar-refractivity contribution in [2.45, 2.75) is 123 Å². The Hall–Kier alpha value is -3.15. The van der Waals surface area contributed by atoms with Crippen LogP contribution in [0.3, 0.4) is 0 Å². The number of amides is 2. The highest BCUT2D eigenvalue weighted by Crippen LogP contribution is 2.13. The highest BCUT2D eigenvalue weighted by atomic mass is 16.5. The molecule has 0 bridgehead atoms. The Morgan fingerprint density at radius 3 is 1.67 bits per heavy atom. The molecule has 1 aromatic carbocycles. The van der Waals surface area contributed by atoms with E-state index in [4.69, 9.17) is 18.9 Å². The SMILES string of the molecule is CCCCCC(=O)CCOCC(COCCC(=O)CCCCC)(COCCC(=O)NCCCC)NC(=O)CC(=O)OCc1ccccc1. The minimum absolute atomic E-state index is 0.0340. The van der Waals surface area contributed by atoms with Crippen LogP contribution in [0, 0.1) is 0 Å². The third-order valence-electron chi connectivity index (χ3n) is 7.58. The fourth-order valence-electron chi connectivity index (χ4n) is 4.72. The normalized spacial score (nSPS) is 11.2. The topological polar surface area (TPSA) is 146 Å². The average Bonchev–Trinajstić information content (AvgIpc) is 3.07. The number of benzene rings is 1. The Morgan fingerprint density at radius 2 is 1.15 bits per heavy atom. The maximum Gasteiger partial charge on any atom is 0.315 e. The number of rotatable bonds is 31. The van der Waals surface area contributed by atoms with Crippen molar-refractivity contribution in [2.24, 2.45) is 0 Å². The molecule has 11 heteroatoms. The summed E-state index contributed by atoms with van der Waals surface area (Å²) >= 11 is 0. The van der Waals surface area contributed by atoms with Gasteiger partial charge in [0.2, 0.25) is 11.8 Å². The first kappa shape index (κ1) is 42.9. The number of esters is 1. The largest absolute Gasteiger partial charge is 0.460 e. The van der Waals surface area contributed by atoms with E-state index in [0.717, 1.165) is 56.9 Å². The van der Waals surface area contributed by atoms with E-state index in [-0.39, 0.29) is 83.0 Å². The quantitative estimate of drug-likeness (QED) is 0.0599. The van der Waals surface area contributed by atoms with Crippen molar-refractivity contribution in [1.29, 1.82) is 0 Å². The Balaban J connectivity index is 2.94. The summed E-state index contributed by atoms with van der Waals surface area (Å²) in [5.41, 5.74) is -0.463. The minimum atomic E-state index is -1.26. The van der Waals surface area contributed by atoms with Crippen molar-refractivity contribution in [3.8, 4) is 0 Å². The third-order valence-corrected chi connectivity index (χ3v) is 7.58. The smallest absolute Gasteiger partial charge is 0.315 e. The second-order valence-electron chi connectivity index (χ2n) is 12.3. The number of ether oxygens (including phenoxy) is 4. The fraction of sp³-hybridized carbons (Fsp3) is 0.703. The van der Waals surface area contributed by atoms with E-state index in [1.54, 1.807) is 0 Å². The number of carbonyl (C=O) groups excluding carboxylic acids is 5. The minimum Gasteiger partial charge on any atom is -0.460 e. The van der Waals surface area contributed by atoms with Crippen LogP contribution < -0.4 is 10.6 Å². The summed E-state index contributed by atoms with van der Waals surface area (Å²) < 4.78 is 23.0. The molecule has 0 aliphatic carbocycles. The second-order valence-corrected chi connectivity index (χ2v) is 12.3. The van der Waals surface area contributed by atoms with Crippen molar-refractivity contribution >= 4 is 29.4 Å². The lowest BCUT2D eigenvalue weighted by Gasteiger charge is -2.34. The zero-order chi connectivity index (χ0) is 35.3. The van der Waals surface area contributed by atoms with Gasteiger partial charge < -0.3 is 29.6 Å². The van der Waals surface area contributed by atoms with Crippen LogP contribution in [0.2, 0.25) is 0 Å². The zero-order valence-corrected chi connectivity index (χ0v) is 29.6. The number of nitrogens with one attached hydrogen (secondary N) is 2. The van der Waals surface area contributed by atoms with Crippen LogP contribution in [0.5, 0.6) is 0 Å². The average molecular weight is 677 g/mol. The molecule has 0 unspecified atom stereocenters. The van der Waals surface area contributed by atoms with Crippen molar-refractivity contribution in [1.82, 2.24) is 10.6 Å². The first-order valence-corrected chi connectivity index (χ1v) is 17.8. The van der Waals surface area contributed by atoms with Crippen molar-refractivity contribution in [3.63, 3.8) is 0 Å². The highest BCUT2D eigenvalue weighted by Gasteiger charge is 2.34. The molecule has 1 rings (SSSR count).